The molecule has 0 unspecified atom stereocenters. The molecule has 1 aromatic heterocycles. The number of nitrogens with two attached hydrogens (primary N) is 1. The Morgan fingerprint density at radius 2 is 2.33 bits per heavy atom. The lowest BCUT2D eigenvalue weighted by Crippen LogP contribution is -2.29. The van der Waals surface area contributed by atoms with Crippen molar-refractivity contribution in [2.45, 2.75) is 12.8 Å². The highest BCUT2D eigenvalue weighted by molar-refractivity contribution is 6.05. The van der Waals surface area contributed by atoms with E-state index in [0.29, 0.717) is 17.3 Å². The lowest BCUT2D eigenvalue weighted by Gasteiger charge is -2.15. The van der Waals surface area contributed by atoms with Gasteiger partial charge in [0.2, 0.25) is 0 Å². The van der Waals surface area contributed by atoms with Crippen LogP contribution in [0.2, 0.25) is 0 Å². The van der Waals surface area contributed by atoms with E-state index in [9.17, 15) is 4.79 Å². The molecule has 1 aliphatic rings. The monoisotopic (exact) mass is 244 g/mol. The number of nitrogen functional groups attached to an aromatic ring is 1. The number of aromatic nitrogens is 2. The number of anilines is 1. The highest BCUT2D eigenvalue weighted by Crippen LogP contribution is 2.30. The number of benzene rings is 1. The van der Waals surface area contributed by atoms with E-state index in [2.05, 4.69) is 10.2 Å². The highest BCUT2D eigenvalue weighted by Gasteiger charge is 2.26. The van der Waals surface area contributed by atoms with E-state index in [1.807, 2.05) is 13.1 Å². The Labute approximate surface area is 105 Å². The maximum Gasteiger partial charge on any atom is 0.274 e. The van der Waals surface area contributed by atoms with Crippen LogP contribution in [0.4, 0.5) is 5.69 Å². The molecule has 0 spiro atoms. The average Bonchev–Trinajstić information content (AvgIpc) is 3.06. The maximum absolute atomic E-state index is 12.3. The van der Waals surface area contributed by atoms with Gasteiger partial charge in [0.1, 0.15) is 0 Å². The Kier molecular flexibility index (Phi) is 2.47. The molecule has 5 nitrogen and oxygen atoms in total. The van der Waals surface area contributed by atoms with Gasteiger partial charge in [-0.2, -0.15) is 5.10 Å². The van der Waals surface area contributed by atoms with Crippen LogP contribution in [0.15, 0.2) is 18.2 Å². The topological polar surface area (TPSA) is 75.0 Å². The van der Waals surface area contributed by atoms with Gasteiger partial charge in [0.15, 0.2) is 5.69 Å². The summed E-state index contributed by atoms with van der Waals surface area (Å²) in [6.07, 6.45) is 2.46. The Hall–Kier alpha value is -2.04. The molecule has 0 aliphatic heterocycles. The van der Waals surface area contributed by atoms with E-state index >= 15 is 0 Å². The fourth-order valence-electron chi connectivity index (χ4n) is 2.15. The van der Waals surface area contributed by atoms with Gasteiger partial charge >= 0.3 is 0 Å². The molecule has 1 saturated carbocycles. The lowest BCUT2D eigenvalue weighted by atomic mass is 10.1. The van der Waals surface area contributed by atoms with E-state index < -0.39 is 0 Å². The zero-order chi connectivity index (χ0) is 12.7. The lowest BCUT2D eigenvalue weighted by molar-refractivity contribution is 0.0785. The van der Waals surface area contributed by atoms with Gasteiger partial charge in [-0.05, 0) is 37.0 Å². The molecule has 1 amide bonds. The molecule has 94 valence electrons. The summed E-state index contributed by atoms with van der Waals surface area (Å²) >= 11 is 0. The molecule has 1 aromatic carbocycles. The number of hydrogen-bond acceptors (Lipinski definition) is 3. The molecule has 0 atom stereocenters. The van der Waals surface area contributed by atoms with E-state index in [-0.39, 0.29) is 5.91 Å². The van der Waals surface area contributed by atoms with Crippen LogP contribution in [0.25, 0.3) is 10.9 Å². The average molecular weight is 244 g/mol. The quantitative estimate of drug-likeness (QED) is 0.806. The van der Waals surface area contributed by atoms with Crippen molar-refractivity contribution in [2.24, 2.45) is 5.92 Å². The summed E-state index contributed by atoms with van der Waals surface area (Å²) in [4.78, 5) is 14.0. The van der Waals surface area contributed by atoms with Gasteiger partial charge in [0, 0.05) is 24.7 Å². The second-order valence-electron chi connectivity index (χ2n) is 5.01. The van der Waals surface area contributed by atoms with Crippen molar-refractivity contribution in [3.05, 3.63) is 23.9 Å². The predicted molar refractivity (Wildman–Crippen MR) is 70.2 cm³/mol. The first-order chi connectivity index (χ1) is 8.65. The minimum Gasteiger partial charge on any atom is -0.399 e. The second kappa shape index (κ2) is 4.01. The number of carbonyl (C=O) groups is 1. The van der Waals surface area contributed by atoms with Crippen molar-refractivity contribution in [2.75, 3.05) is 19.3 Å². The molecule has 3 rings (SSSR count). The van der Waals surface area contributed by atoms with Crippen molar-refractivity contribution in [3.8, 4) is 0 Å². The first-order valence-corrected chi connectivity index (χ1v) is 6.14. The van der Waals surface area contributed by atoms with Gasteiger partial charge in [-0.1, -0.05) is 0 Å². The third-order valence-electron chi connectivity index (χ3n) is 3.37. The first kappa shape index (κ1) is 11.1. The number of nitrogens with one attached hydrogen (secondary N) is 1. The van der Waals surface area contributed by atoms with Crippen LogP contribution >= 0.6 is 0 Å². The normalized spacial score (nSPS) is 14.9. The number of rotatable bonds is 3. The van der Waals surface area contributed by atoms with E-state index in [1.165, 1.54) is 12.8 Å². The number of H-pyrrole nitrogens is 1. The molecule has 0 radical (unpaired) electrons. The molecule has 0 bridgehead atoms. The standard InChI is InChI=1S/C13H16N4O/c1-17(7-8-2-3-8)13(18)12-10-6-9(14)4-5-11(10)15-16-12/h4-6,8H,2-3,7,14H2,1H3,(H,15,16). The summed E-state index contributed by atoms with van der Waals surface area (Å²) in [5.41, 5.74) is 7.69. The van der Waals surface area contributed by atoms with Gasteiger partial charge in [0.25, 0.3) is 5.91 Å². The number of carbonyl (C=O) groups excluding carboxylic acids is 1. The Balaban J connectivity index is 1.92. The van der Waals surface area contributed by atoms with Crippen LogP contribution in [0.3, 0.4) is 0 Å². The Bertz CT molecular complexity index is 600. The van der Waals surface area contributed by atoms with Gasteiger partial charge in [-0.3, -0.25) is 9.89 Å². The van der Waals surface area contributed by atoms with Gasteiger partial charge in [-0.25, -0.2) is 0 Å². The molecule has 5 heteroatoms. The van der Waals surface area contributed by atoms with Crippen LogP contribution in [0.5, 0.6) is 0 Å². The van der Waals surface area contributed by atoms with Crippen LogP contribution in [0, 0.1) is 5.92 Å². The molecule has 0 saturated heterocycles. The van der Waals surface area contributed by atoms with Crippen molar-refractivity contribution < 1.29 is 4.79 Å². The first-order valence-electron chi connectivity index (χ1n) is 6.14. The number of aromatic amines is 1. The van der Waals surface area contributed by atoms with Gasteiger partial charge in [0.05, 0.1) is 5.52 Å². The smallest absolute Gasteiger partial charge is 0.274 e. The largest absolute Gasteiger partial charge is 0.399 e. The fraction of sp³-hybridized carbons (Fsp3) is 0.385. The molecule has 1 heterocycles. The Morgan fingerprint density at radius 1 is 1.56 bits per heavy atom. The van der Waals surface area contributed by atoms with Crippen molar-refractivity contribution in [1.82, 2.24) is 15.1 Å². The number of nitrogens with zero attached hydrogens (tertiary/aromatic N) is 2. The van der Waals surface area contributed by atoms with Crippen molar-refractivity contribution in [1.29, 1.82) is 0 Å². The van der Waals surface area contributed by atoms with E-state index in [4.69, 9.17) is 5.73 Å². The molecule has 18 heavy (non-hydrogen) atoms. The van der Waals surface area contributed by atoms with E-state index in [0.717, 1.165) is 17.4 Å². The summed E-state index contributed by atoms with van der Waals surface area (Å²) in [5.74, 6) is 0.632. The highest BCUT2D eigenvalue weighted by atomic mass is 16.2. The van der Waals surface area contributed by atoms with Gasteiger partial charge < -0.3 is 10.6 Å². The summed E-state index contributed by atoms with van der Waals surface area (Å²) in [6.45, 7) is 0.815. The summed E-state index contributed by atoms with van der Waals surface area (Å²) in [6, 6.07) is 5.43. The molecule has 1 aliphatic carbocycles. The molecule has 3 N–H and O–H groups in total. The second-order valence-corrected chi connectivity index (χ2v) is 5.01. The molecular formula is C13H16N4O. The SMILES string of the molecule is CN(CC1CC1)C(=O)c1n[nH]c2ccc(N)cc12. The zero-order valence-electron chi connectivity index (χ0n) is 10.3. The van der Waals surface area contributed by atoms with Crippen LogP contribution in [0.1, 0.15) is 23.3 Å². The third kappa shape index (κ3) is 1.92. The maximum atomic E-state index is 12.3. The minimum absolute atomic E-state index is 0.0428. The minimum atomic E-state index is -0.0428. The number of fused-ring (bicyclic) bond motifs is 1. The van der Waals surface area contributed by atoms with Crippen LogP contribution < -0.4 is 5.73 Å². The number of hydrogen-bond donors (Lipinski definition) is 2. The summed E-state index contributed by atoms with van der Waals surface area (Å²) in [7, 11) is 1.83. The Morgan fingerprint density at radius 3 is 3.06 bits per heavy atom. The van der Waals surface area contributed by atoms with Crippen molar-refractivity contribution >= 4 is 22.5 Å². The summed E-state index contributed by atoms with van der Waals surface area (Å²) < 4.78 is 0. The van der Waals surface area contributed by atoms with E-state index in [1.54, 1.807) is 17.0 Å². The van der Waals surface area contributed by atoms with Crippen molar-refractivity contribution in [3.63, 3.8) is 0 Å². The number of amides is 1. The summed E-state index contributed by atoms with van der Waals surface area (Å²) in [5, 5.41) is 7.77. The molecular weight excluding hydrogens is 228 g/mol. The molecule has 1 fully saturated rings. The fourth-order valence-corrected chi connectivity index (χ4v) is 2.15. The van der Waals surface area contributed by atoms with Gasteiger partial charge in [-0.15, -0.1) is 0 Å². The predicted octanol–water partition coefficient (Wildman–Crippen LogP) is 1.63. The molecule has 2 aromatic rings. The third-order valence-corrected chi connectivity index (χ3v) is 3.37. The van der Waals surface area contributed by atoms with Crippen LogP contribution in [-0.4, -0.2) is 34.6 Å². The zero-order valence-corrected chi connectivity index (χ0v) is 10.3. The van der Waals surface area contributed by atoms with Crippen LogP contribution in [-0.2, 0) is 0 Å².